The second-order valence-electron chi connectivity index (χ2n) is 4.51. The molecule has 0 spiro atoms. The van der Waals surface area contributed by atoms with Crippen molar-refractivity contribution in [2.75, 3.05) is 13.2 Å². The zero-order valence-electron chi connectivity index (χ0n) is 9.99. The van der Waals surface area contributed by atoms with E-state index in [1.165, 1.54) is 0 Å². The van der Waals surface area contributed by atoms with Crippen LogP contribution in [0.1, 0.15) is 18.5 Å². The molecule has 0 radical (unpaired) electrons. The fourth-order valence-corrected chi connectivity index (χ4v) is 2.28. The Morgan fingerprint density at radius 2 is 1.89 bits per heavy atom. The lowest BCUT2D eigenvalue weighted by molar-refractivity contribution is -0.0718. The minimum absolute atomic E-state index is 0.566. The Morgan fingerprint density at radius 3 is 2.61 bits per heavy atom. The van der Waals surface area contributed by atoms with Gasteiger partial charge < -0.3 is 9.84 Å². The van der Waals surface area contributed by atoms with E-state index in [9.17, 15) is 5.11 Å². The lowest BCUT2D eigenvalue weighted by Crippen LogP contribution is -2.35. The Labute approximate surface area is 105 Å². The molecule has 1 aromatic heterocycles. The quantitative estimate of drug-likeness (QED) is 0.865. The molecular weight excluding hydrogens is 230 g/mol. The molecule has 0 saturated carbocycles. The fourth-order valence-electron chi connectivity index (χ4n) is 2.28. The Bertz CT molecular complexity index is 518. The largest absolute Gasteiger partial charge is 0.383 e. The first-order chi connectivity index (χ1) is 8.80. The Morgan fingerprint density at radius 1 is 1.17 bits per heavy atom. The number of para-hydroxylation sites is 1. The standard InChI is InChI=1S/C13H15N3O2/c17-13(6-8-18-9-7-13)12-10-14-15-16(12)11-4-2-1-3-5-11/h1-5,10,17H,6-9H2. The summed E-state index contributed by atoms with van der Waals surface area (Å²) in [6, 6.07) is 9.72. The molecule has 0 unspecified atom stereocenters. The monoisotopic (exact) mass is 245 g/mol. The molecule has 1 saturated heterocycles. The van der Waals surface area contributed by atoms with E-state index in [0.29, 0.717) is 26.1 Å². The van der Waals surface area contributed by atoms with Crippen LogP contribution in [0.4, 0.5) is 0 Å². The van der Waals surface area contributed by atoms with E-state index in [0.717, 1.165) is 11.4 Å². The molecule has 1 aliphatic rings. The van der Waals surface area contributed by atoms with Crippen LogP contribution in [0.5, 0.6) is 0 Å². The van der Waals surface area contributed by atoms with Crippen molar-refractivity contribution in [3.05, 3.63) is 42.2 Å². The minimum atomic E-state index is -0.891. The highest BCUT2D eigenvalue weighted by Gasteiger charge is 2.35. The van der Waals surface area contributed by atoms with Crippen LogP contribution in [0.3, 0.4) is 0 Å². The molecule has 1 aliphatic heterocycles. The molecule has 3 rings (SSSR count). The average Bonchev–Trinajstić information content (AvgIpc) is 2.91. The predicted molar refractivity (Wildman–Crippen MR) is 65.3 cm³/mol. The van der Waals surface area contributed by atoms with Crippen molar-refractivity contribution < 1.29 is 9.84 Å². The first-order valence-electron chi connectivity index (χ1n) is 6.06. The fraction of sp³-hybridized carbons (Fsp3) is 0.385. The third-order valence-corrected chi connectivity index (χ3v) is 3.35. The van der Waals surface area contributed by atoms with Crippen molar-refractivity contribution in [1.29, 1.82) is 0 Å². The van der Waals surface area contributed by atoms with Gasteiger partial charge in [0.2, 0.25) is 0 Å². The molecule has 94 valence electrons. The maximum atomic E-state index is 10.7. The van der Waals surface area contributed by atoms with Crippen molar-refractivity contribution >= 4 is 0 Å². The van der Waals surface area contributed by atoms with Gasteiger partial charge in [-0.25, -0.2) is 4.68 Å². The molecule has 0 aliphatic carbocycles. The Hall–Kier alpha value is -1.72. The average molecular weight is 245 g/mol. The Balaban J connectivity index is 2.01. The van der Waals surface area contributed by atoms with Gasteiger partial charge in [-0.05, 0) is 12.1 Å². The number of ether oxygens (including phenoxy) is 1. The third kappa shape index (κ3) is 1.91. The lowest BCUT2D eigenvalue weighted by Gasteiger charge is -2.31. The van der Waals surface area contributed by atoms with Crippen LogP contribution in [0.25, 0.3) is 5.69 Å². The molecule has 1 N–H and O–H groups in total. The zero-order chi connectivity index (χ0) is 12.4. The van der Waals surface area contributed by atoms with Gasteiger partial charge >= 0.3 is 0 Å². The van der Waals surface area contributed by atoms with E-state index in [-0.39, 0.29) is 0 Å². The second kappa shape index (κ2) is 4.51. The summed E-state index contributed by atoms with van der Waals surface area (Å²) in [5, 5.41) is 18.7. The van der Waals surface area contributed by atoms with E-state index in [1.54, 1.807) is 10.9 Å². The molecule has 0 amide bonds. The molecule has 1 fully saturated rings. The summed E-state index contributed by atoms with van der Waals surface area (Å²) in [5.74, 6) is 0. The molecule has 1 aromatic carbocycles. The van der Waals surface area contributed by atoms with Crippen molar-refractivity contribution in [3.8, 4) is 5.69 Å². The highest BCUT2D eigenvalue weighted by atomic mass is 16.5. The van der Waals surface area contributed by atoms with Gasteiger partial charge in [0.15, 0.2) is 0 Å². The maximum Gasteiger partial charge on any atom is 0.113 e. The summed E-state index contributed by atoms with van der Waals surface area (Å²) in [5.41, 5.74) is 0.749. The van der Waals surface area contributed by atoms with E-state index >= 15 is 0 Å². The predicted octanol–water partition coefficient (Wildman–Crippen LogP) is 1.27. The first kappa shape index (κ1) is 11.4. The molecular formula is C13H15N3O2. The van der Waals surface area contributed by atoms with Crippen LogP contribution < -0.4 is 0 Å². The van der Waals surface area contributed by atoms with Crippen molar-refractivity contribution in [1.82, 2.24) is 15.0 Å². The van der Waals surface area contributed by atoms with Gasteiger partial charge in [0.05, 0.1) is 17.6 Å². The normalized spacial score (nSPS) is 18.7. The van der Waals surface area contributed by atoms with Gasteiger partial charge in [-0.1, -0.05) is 23.4 Å². The number of nitrogens with zero attached hydrogens (tertiary/aromatic N) is 3. The summed E-state index contributed by atoms with van der Waals surface area (Å²) in [6.45, 7) is 1.13. The van der Waals surface area contributed by atoms with Crippen molar-refractivity contribution in [2.45, 2.75) is 18.4 Å². The van der Waals surface area contributed by atoms with E-state index in [1.807, 2.05) is 30.3 Å². The van der Waals surface area contributed by atoms with Gasteiger partial charge in [-0.3, -0.25) is 0 Å². The van der Waals surface area contributed by atoms with Gasteiger partial charge in [0.1, 0.15) is 5.60 Å². The van der Waals surface area contributed by atoms with Crippen molar-refractivity contribution in [2.24, 2.45) is 0 Å². The number of aromatic nitrogens is 3. The topological polar surface area (TPSA) is 60.2 Å². The molecule has 2 aromatic rings. The summed E-state index contributed by atoms with van der Waals surface area (Å²) >= 11 is 0. The molecule has 18 heavy (non-hydrogen) atoms. The maximum absolute atomic E-state index is 10.7. The van der Waals surface area contributed by atoms with Crippen LogP contribution >= 0.6 is 0 Å². The van der Waals surface area contributed by atoms with E-state index in [2.05, 4.69) is 10.3 Å². The summed E-state index contributed by atoms with van der Waals surface area (Å²) < 4.78 is 7.00. The number of hydrogen-bond donors (Lipinski definition) is 1. The summed E-state index contributed by atoms with van der Waals surface area (Å²) in [7, 11) is 0. The van der Waals surface area contributed by atoms with Crippen molar-refractivity contribution in [3.63, 3.8) is 0 Å². The number of benzene rings is 1. The first-order valence-corrected chi connectivity index (χ1v) is 6.06. The Kier molecular flexibility index (Phi) is 2.85. The SMILES string of the molecule is OC1(c2cnnn2-c2ccccc2)CCOCC1. The molecule has 5 heteroatoms. The summed E-state index contributed by atoms with van der Waals surface area (Å²) in [6.07, 6.45) is 2.79. The minimum Gasteiger partial charge on any atom is -0.383 e. The highest BCUT2D eigenvalue weighted by Crippen LogP contribution is 2.32. The van der Waals surface area contributed by atoms with Gasteiger partial charge in [-0.2, -0.15) is 0 Å². The number of rotatable bonds is 2. The molecule has 2 heterocycles. The second-order valence-corrected chi connectivity index (χ2v) is 4.51. The molecule has 5 nitrogen and oxygen atoms in total. The zero-order valence-corrected chi connectivity index (χ0v) is 9.99. The van der Waals surface area contributed by atoms with E-state index < -0.39 is 5.60 Å². The molecule has 0 bridgehead atoms. The highest BCUT2D eigenvalue weighted by molar-refractivity contribution is 5.33. The van der Waals surface area contributed by atoms with Crippen LogP contribution in [0, 0.1) is 0 Å². The van der Waals surface area contributed by atoms with Crippen LogP contribution in [0.2, 0.25) is 0 Å². The number of hydrogen-bond acceptors (Lipinski definition) is 4. The summed E-state index contributed by atoms with van der Waals surface area (Å²) in [4.78, 5) is 0. The van der Waals surface area contributed by atoms with Crippen LogP contribution in [-0.4, -0.2) is 33.3 Å². The van der Waals surface area contributed by atoms with Gasteiger partial charge in [0.25, 0.3) is 0 Å². The van der Waals surface area contributed by atoms with Crippen LogP contribution in [-0.2, 0) is 10.3 Å². The molecule has 0 atom stereocenters. The third-order valence-electron chi connectivity index (χ3n) is 3.35. The van der Waals surface area contributed by atoms with Crippen LogP contribution in [0.15, 0.2) is 36.5 Å². The van der Waals surface area contributed by atoms with Gasteiger partial charge in [-0.15, -0.1) is 5.10 Å². The van der Waals surface area contributed by atoms with Gasteiger partial charge in [0, 0.05) is 26.1 Å². The smallest absolute Gasteiger partial charge is 0.113 e. The van der Waals surface area contributed by atoms with E-state index in [4.69, 9.17) is 4.74 Å². The lowest BCUT2D eigenvalue weighted by atomic mass is 9.91. The number of aliphatic hydroxyl groups is 1.